The van der Waals surface area contributed by atoms with E-state index in [-0.39, 0.29) is 0 Å². The zero-order valence-corrected chi connectivity index (χ0v) is 12.5. The van der Waals surface area contributed by atoms with Crippen molar-refractivity contribution in [1.82, 2.24) is 10.2 Å². The Hall–Kier alpha value is 0.270. The smallest absolute Gasteiger partial charge is 0.0207 e. The fourth-order valence-corrected chi connectivity index (χ4v) is 2.98. The van der Waals surface area contributed by atoms with E-state index in [4.69, 9.17) is 0 Å². The Morgan fingerprint density at radius 2 is 2.06 bits per heavy atom. The molecule has 0 amide bonds. The van der Waals surface area contributed by atoms with Crippen molar-refractivity contribution >= 4 is 11.8 Å². The largest absolute Gasteiger partial charge is 0.313 e. The van der Waals surface area contributed by atoms with Gasteiger partial charge in [0, 0.05) is 12.6 Å². The number of hydrogen-bond donors (Lipinski definition) is 1. The summed E-state index contributed by atoms with van der Waals surface area (Å²) in [4.78, 5) is 2.64. The highest BCUT2D eigenvalue weighted by atomic mass is 32.2. The Morgan fingerprint density at radius 3 is 2.82 bits per heavy atom. The summed E-state index contributed by atoms with van der Waals surface area (Å²) in [5.74, 6) is 1.34. The van der Waals surface area contributed by atoms with Crippen LogP contribution in [0.15, 0.2) is 0 Å². The third-order valence-corrected chi connectivity index (χ3v) is 4.23. The molecule has 3 heteroatoms. The molecule has 1 unspecified atom stereocenters. The number of thioether (sulfide) groups is 1. The normalized spacial score (nSPS) is 21.2. The van der Waals surface area contributed by atoms with Crippen LogP contribution in [0, 0.1) is 0 Å². The maximum Gasteiger partial charge on any atom is 0.0207 e. The van der Waals surface area contributed by atoms with Crippen LogP contribution in [-0.4, -0.2) is 49.1 Å². The average Bonchev–Trinajstić information content (AvgIpc) is 2.79. The van der Waals surface area contributed by atoms with Crippen molar-refractivity contribution in [2.45, 2.75) is 51.5 Å². The standard InChI is InChI=1S/C14H30N2S/c1-3-9-15-14-8-11-16(13-14)10-6-4-5-7-12-17-2/h14-15H,3-13H2,1-2H3. The summed E-state index contributed by atoms with van der Waals surface area (Å²) in [6.45, 7) is 7.35. The topological polar surface area (TPSA) is 15.3 Å². The molecule has 0 radical (unpaired) electrons. The molecule has 1 aliphatic rings. The van der Waals surface area contributed by atoms with Crippen LogP contribution in [-0.2, 0) is 0 Å². The Bertz CT molecular complexity index is 176. The van der Waals surface area contributed by atoms with E-state index in [1.165, 1.54) is 70.5 Å². The van der Waals surface area contributed by atoms with E-state index < -0.39 is 0 Å². The first-order valence-electron chi connectivity index (χ1n) is 7.31. The van der Waals surface area contributed by atoms with Crippen molar-refractivity contribution < 1.29 is 0 Å². The molecule has 0 bridgehead atoms. The molecule has 0 aromatic carbocycles. The molecule has 1 fully saturated rings. The number of rotatable bonds is 10. The summed E-state index contributed by atoms with van der Waals surface area (Å²) < 4.78 is 0. The van der Waals surface area contributed by atoms with Gasteiger partial charge in [-0.3, -0.25) is 0 Å². The molecule has 0 saturated carbocycles. The molecule has 1 heterocycles. The Morgan fingerprint density at radius 1 is 1.24 bits per heavy atom. The van der Waals surface area contributed by atoms with Crippen molar-refractivity contribution in [3.05, 3.63) is 0 Å². The lowest BCUT2D eigenvalue weighted by molar-refractivity contribution is 0.318. The maximum absolute atomic E-state index is 3.64. The average molecular weight is 258 g/mol. The molecule has 1 saturated heterocycles. The van der Waals surface area contributed by atoms with Crippen LogP contribution in [0.3, 0.4) is 0 Å². The second-order valence-electron chi connectivity index (χ2n) is 5.15. The van der Waals surface area contributed by atoms with Crippen molar-refractivity contribution in [3.63, 3.8) is 0 Å². The third-order valence-electron chi connectivity index (χ3n) is 3.53. The van der Waals surface area contributed by atoms with Crippen LogP contribution < -0.4 is 5.32 Å². The third kappa shape index (κ3) is 7.32. The zero-order chi connectivity index (χ0) is 12.3. The van der Waals surface area contributed by atoms with E-state index in [1.54, 1.807) is 0 Å². The first kappa shape index (κ1) is 15.3. The van der Waals surface area contributed by atoms with Crippen LogP contribution in [0.2, 0.25) is 0 Å². The Balaban J connectivity index is 1.91. The molecule has 0 aromatic heterocycles. The fourth-order valence-electron chi connectivity index (χ4n) is 2.49. The highest BCUT2D eigenvalue weighted by molar-refractivity contribution is 7.98. The summed E-state index contributed by atoms with van der Waals surface area (Å²) >= 11 is 1.97. The van der Waals surface area contributed by atoms with Gasteiger partial charge in [-0.2, -0.15) is 11.8 Å². The van der Waals surface area contributed by atoms with Gasteiger partial charge in [-0.1, -0.05) is 19.8 Å². The molecule has 0 aliphatic carbocycles. The summed E-state index contributed by atoms with van der Waals surface area (Å²) in [6, 6.07) is 0.770. The molecule has 1 aliphatic heterocycles. The molecular weight excluding hydrogens is 228 g/mol. The lowest BCUT2D eigenvalue weighted by Crippen LogP contribution is -2.33. The number of nitrogens with one attached hydrogen (secondary N) is 1. The summed E-state index contributed by atoms with van der Waals surface area (Å²) in [5, 5.41) is 3.64. The number of hydrogen-bond acceptors (Lipinski definition) is 3. The lowest BCUT2D eigenvalue weighted by atomic mass is 10.2. The van der Waals surface area contributed by atoms with Gasteiger partial charge in [0.15, 0.2) is 0 Å². The molecule has 17 heavy (non-hydrogen) atoms. The van der Waals surface area contributed by atoms with Crippen LogP contribution >= 0.6 is 11.8 Å². The number of likely N-dealkylation sites (tertiary alicyclic amines) is 1. The monoisotopic (exact) mass is 258 g/mol. The first-order valence-corrected chi connectivity index (χ1v) is 8.71. The van der Waals surface area contributed by atoms with E-state index in [9.17, 15) is 0 Å². The summed E-state index contributed by atoms with van der Waals surface area (Å²) in [6.07, 6.45) is 10.5. The van der Waals surface area contributed by atoms with Crippen molar-refractivity contribution in [2.75, 3.05) is 38.2 Å². The minimum Gasteiger partial charge on any atom is -0.313 e. The van der Waals surface area contributed by atoms with Gasteiger partial charge in [-0.05, 0) is 57.3 Å². The quantitative estimate of drug-likeness (QED) is 0.607. The molecule has 2 nitrogen and oxygen atoms in total. The van der Waals surface area contributed by atoms with Crippen LogP contribution in [0.5, 0.6) is 0 Å². The molecule has 1 rings (SSSR count). The van der Waals surface area contributed by atoms with Gasteiger partial charge in [0.25, 0.3) is 0 Å². The predicted octanol–water partition coefficient (Wildman–Crippen LogP) is 2.98. The summed E-state index contributed by atoms with van der Waals surface area (Å²) in [5.41, 5.74) is 0. The second-order valence-corrected chi connectivity index (χ2v) is 6.13. The van der Waals surface area contributed by atoms with E-state index in [0.29, 0.717) is 0 Å². The molecule has 0 spiro atoms. The van der Waals surface area contributed by atoms with Gasteiger partial charge in [-0.25, -0.2) is 0 Å². The SMILES string of the molecule is CCCNC1CCN(CCCCCCSC)C1. The Labute approximate surface area is 112 Å². The van der Waals surface area contributed by atoms with Crippen LogP contribution in [0.25, 0.3) is 0 Å². The molecule has 1 atom stereocenters. The zero-order valence-electron chi connectivity index (χ0n) is 11.7. The molecular formula is C14H30N2S. The van der Waals surface area contributed by atoms with E-state index in [2.05, 4.69) is 23.4 Å². The summed E-state index contributed by atoms with van der Waals surface area (Å²) in [7, 11) is 0. The minimum absolute atomic E-state index is 0.770. The van der Waals surface area contributed by atoms with E-state index >= 15 is 0 Å². The van der Waals surface area contributed by atoms with Crippen LogP contribution in [0.4, 0.5) is 0 Å². The van der Waals surface area contributed by atoms with E-state index in [0.717, 1.165) is 6.04 Å². The fraction of sp³-hybridized carbons (Fsp3) is 1.00. The molecule has 1 N–H and O–H groups in total. The Kier molecular flexibility index (Phi) is 9.21. The van der Waals surface area contributed by atoms with Crippen LogP contribution in [0.1, 0.15) is 45.4 Å². The van der Waals surface area contributed by atoms with Gasteiger partial charge >= 0.3 is 0 Å². The second kappa shape index (κ2) is 10.2. The van der Waals surface area contributed by atoms with Gasteiger partial charge in [-0.15, -0.1) is 0 Å². The lowest BCUT2D eigenvalue weighted by Gasteiger charge is -2.16. The van der Waals surface area contributed by atoms with E-state index in [1.807, 2.05) is 11.8 Å². The van der Waals surface area contributed by atoms with Crippen molar-refractivity contribution in [1.29, 1.82) is 0 Å². The highest BCUT2D eigenvalue weighted by Crippen LogP contribution is 2.11. The predicted molar refractivity (Wildman–Crippen MR) is 80.0 cm³/mol. The van der Waals surface area contributed by atoms with Crippen molar-refractivity contribution in [3.8, 4) is 0 Å². The van der Waals surface area contributed by atoms with Gasteiger partial charge in [0.1, 0.15) is 0 Å². The molecule has 102 valence electrons. The van der Waals surface area contributed by atoms with Crippen molar-refractivity contribution in [2.24, 2.45) is 0 Å². The minimum atomic E-state index is 0.770. The highest BCUT2D eigenvalue weighted by Gasteiger charge is 2.20. The number of nitrogens with zero attached hydrogens (tertiary/aromatic N) is 1. The van der Waals surface area contributed by atoms with Gasteiger partial charge in [0.2, 0.25) is 0 Å². The van der Waals surface area contributed by atoms with Gasteiger partial charge in [0.05, 0.1) is 0 Å². The maximum atomic E-state index is 3.64. The van der Waals surface area contributed by atoms with Gasteiger partial charge < -0.3 is 10.2 Å². The molecule has 0 aromatic rings. The first-order chi connectivity index (χ1) is 8.36. The number of unbranched alkanes of at least 4 members (excludes halogenated alkanes) is 3.